The Morgan fingerprint density at radius 3 is 2.76 bits per heavy atom. The van der Waals surface area contributed by atoms with Gasteiger partial charge in [0.1, 0.15) is 0 Å². The number of amides is 1. The molecule has 0 saturated carbocycles. The lowest BCUT2D eigenvalue weighted by Gasteiger charge is -2.31. The molecular formula is C13H19N3O. The van der Waals surface area contributed by atoms with Crippen LogP contribution in [-0.4, -0.2) is 18.5 Å². The molecule has 1 heterocycles. The van der Waals surface area contributed by atoms with Crippen molar-refractivity contribution in [1.82, 2.24) is 5.32 Å². The second-order valence-corrected chi connectivity index (χ2v) is 5.18. The average Bonchev–Trinajstić information content (AvgIpc) is 2.56. The van der Waals surface area contributed by atoms with Crippen LogP contribution < -0.4 is 16.4 Å². The maximum Gasteiger partial charge on any atom is 0.228 e. The largest absolute Gasteiger partial charge is 0.326 e. The molecule has 1 aromatic rings. The van der Waals surface area contributed by atoms with E-state index >= 15 is 0 Å². The highest BCUT2D eigenvalue weighted by Crippen LogP contribution is 2.29. The first-order valence-electron chi connectivity index (χ1n) is 5.80. The number of benzene rings is 1. The SMILES string of the molecule is CNC(c1ccc2c(c1)CC(=O)N2)C(C)(C)N. The highest BCUT2D eigenvalue weighted by molar-refractivity contribution is 5.99. The number of nitrogens with one attached hydrogen (secondary N) is 2. The predicted molar refractivity (Wildman–Crippen MR) is 68.8 cm³/mol. The van der Waals surface area contributed by atoms with Gasteiger partial charge in [-0.25, -0.2) is 0 Å². The van der Waals surface area contributed by atoms with Crippen LogP contribution in [0.4, 0.5) is 5.69 Å². The zero-order valence-corrected chi connectivity index (χ0v) is 10.5. The number of fused-ring (bicyclic) bond motifs is 1. The Morgan fingerprint density at radius 2 is 2.18 bits per heavy atom. The van der Waals surface area contributed by atoms with E-state index in [-0.39, 0.29) is 17.5 Å². The fourth-order valence-electron chi connectivity index (χ4n) is 2.40. The van der Waals surface area contributed by atoms with E-state index < -0.39 is 0 Å². The summed E-state index contributed by atoms with van der Waals surface area (Å²) in [5.41, 5.74) is 8.89. The Labute approximate surface area is 102 Å². The Bertz CT molecular complexity index is 448. The Morgan fingerprint density at radius 1 is 1.47 bits per heavy atom. The molecule has 1 amide bonds. The minimum Gasteiger partial charge on any atom is -0.326 e. The van der Waals surface area contributed by atoms with Gasteiger partial charge in [-0.15, -0.1) is 0 Å². The predicted octanol–water partition coefficient (Wildman–Crippen LogP) is 1.18. The number of carbonyl (C=O) groups is 1. The molecule has 0 fully saturated rings. The molecule has 0 saturated heterocycles. The number of rotatable bonds is 3. The fourth-order valence-corrected chi connectivity index (χ4v) is 2.40. The van der Waals surface area contributed by atoms with Crippen molar-refractivity contribution in [2.45, 2.75) is 31.8 Å². The molecule has 0 aromatic heterocycles. The summed E-state index contributed by atoms with van der Waals surface area (Å²) in [6.07, 6.45) is 0.463. The molecule has 0 bridgehead atoms. The summed E-state index contributed by atoms with van der Waals surface area (Å²) in [5.74, 6) is 0.0603. The lowest BCUT2D eigenvalue weighted by Crippen LogP contribution is -2.45. The zero-order chi connectivity index (χ0) is 12.6. The third-order valence-corrected chi connectivity index (χ3v) is 3.12. The van der Waals surface area contributed by atoms with Gasteiger partial charge in [0.15, 0.2) is 0 Å². The van der Waals surface area contributed by atoms with Gasteiger partial charge >= 0.3 is 0 Å². The van der Waals surface area contributed by atoms with Crippen LogP contribution in [0.2, 0.25) is 0 Å². The van der Waals surface area contributed by atoms with E-state index in [4.69, 9.17) is 5.73 Å². The topological polar surface area (TPSA) is 67.2 Å². The average molecular weight is 233 g/mol. The van der Waals surface area contributed by atoms with Gasteiger partial charge in [-0.3, -0.25) is 4.79 Å². The maximum absolute atomic E-state index is 11.3. The standard InChI is InChI=1S/C13H19N3O/c1-13(2,14)12(15-3)8-4-5-10-9(6-8)7-11(17)16-10/h4-6,12,15H,7,14H2,1-3H3,(H,16,17). The lowest BCUT2D eigenvalue weighted by atomic mass is 9.88. The zero-order valence-electron chi connectivity index (χ0n) is 10.5. The monoisotopic (exact) mass is 233 g/mol. The van der Waals surface area contributed by atoms with Gasteiger partial charge < -0.3 is 16.4 Å². The van der Waals surface area contributed by atoms with Crippen LogP contribution >= 0.6 is 0 Å². The van der Waals surface area contributed by atoms with Crippen molar-refractivity contribution >= 4 is 11.6 Å². The highest BCUT2D eigenvalue weighted by atomic mass is 16.1. The van der Waals surface area contributed by atoms with Gasteiger partial charge in [-0.1, -0.05) is 12.1 Å². The summed E-state index contributed by atoms with van der Waals surface area (Å²) < 4.78 is 0. The molecule has 1 unspecified atom stereocenters. The smallest absolute Gasteiger partial charge is 0.228 e. The highest BCUT2D eigenvalue weighted by Gasteiger charge is 2.27. The van der Waals surface area contributed by atoms with E-state index in [1.54, 1.807) is 0 Å². The van der Waals surface area contributed by atoms with Crippen LogP contribution in [0.25, 0.3) is 0 Å². The molecular weight excluding hydrogens is 214 g/mol. The van der Waals surface area contributed by atoms with E-state index in [0.29, 0.717) is 6.42 Å². The molecule has 1 aliphatic heterocycles. The van der Waals surface area contributed by atoms with Crippen molar-refractivity contribution in [3.05, 3.63) is 29.3 Å². The first kappa shape index (κ1) is 12.1. The minimum atomic E-state index is -0.348. The number of hydrogen-bond donors (Lipinski definition) is 3. The van der Waals surface area contributed by atoms with Crippen molar-refractivity contribution in [3.63, 3.8) is 0 Å². The van der Waals surface area contributed by atoms with E-state index in [0.717, 1.165) is 16.8 Å². The van der Waals surface area contributed by atoms with Gasteiger partial charge in [0.2, 0.25) is 5.91 Å². The first-order chi connectivity index (χ1) is 7.91. The van der Waals surface area contributed by atoms with Gasteiger partial charge in [0.25, 0.3) is 0 Å². The Hall–Kier alpha value is -1.39. The molecule has 1 atom stereocenters. The summed E-state index contributed by atoms with van der Waals surface area (Å²) in [7, 11) is 1.90. The maximum atomic E-state index is 11.3. The number of nitrogens with two attached hydrogens (primary N) is 1. The van der Waals surface area contributed by atoms with Crippen molar-refractivity contribution in [2.24, 2.45) is 5.73 Å². The second kappa shape index (κ2) is 4.13. The summed E-state index contributed by atoms with van der Waals surface area (Å²) in [6, 6.07) is 6.10. The first-order valence-corrected chi connectivity index (χ1v) is 5.80. The number of anilines is 1. The quantitative estimate of drug-likeness (QED) is 0.734. The van der Waals surface area contributed by atoms with Crippen molar-refractivity contribution in [3.8, 4) is 0 Å². The van der Waals surface area contributed by atoms with E-state index in [9.17, 15) is 4.79 Å². The molecule has 17 heavy (non-hydrogen) atoms. The molecule has 4 nitrogen and oxygen atoms in total. The van der Waals surface area contributed by atoms with Crippen LogP contribution in [-0.2, 0) is 11.2 Å². The van der Waals surface area contributed by atoms with Crippen molar-refractivity contribution < 1.29 is 4.79 Å². The summed E-state index contributed by atoms with van der Waals surface area (Å²) >= 11 is 0. The molecule has 2 rings (SSSR count). The fraction of sp³-hybridized carbons (Fsp3) is 0.462. The van der Waals surface area contributed by atoms with Gasteiger partial charge in [-0.05, 0) is 38.1 Å². The van der Waals surface area contributed by atoms with Crippen LogP contribution in [0.5, 0.6) is 0 Å². The van der Waals surface area contributed by atoms with Crippen LogP contribution in [0.15, 0.2) is 18.2 Å². The number of carbonyl (C=O) groups excluding carboxylic acids is 1. The van der Waals surface area contributed by atoms with Crippen LogP contribution in [0, 0.1) is 0 Å². The van der Waals surface area contributed by atoms with Gasteiger partial charge in [0.05, 0.1) is 6.42 Å². The third-order valence-electron chi connectivity index (χ3n) is 3.12. The van der Waals surface area contributed by atoms with Gasteiger partial charge in [-0.2, -0.15) is 0 Å². The second-order valence-electron chi connectivity index (χ2n) is 5.18. The minimum absolute atomic E-state index is 0.0603. The summed E-state index contributed by atoms with van der Waals surface area (Å²) in [6.45, 7) is 3.98. The van der Waals surface area contributed by atoms with Crippen LogP contribution in [0.3, 0.4) is 0 Å². The van der Waals surface area contributed by atoms with E-state index in [2.05, 4.69) is 16.7 Å². The molecule has 4 heteroatoms. The molecule has 0 spiro atoms. The van der Waals surface area contributed by atoms with Crippen molar-refractivity contribution in [1.29, 1.82) is 0 Å². The molecule has 92 valence electrons. The molecule has 0 radical (unpaired) electrons. The molecule has 0 aliphatic carbocycles. The van der Waals surface area contributed by atoms with Gasteiger partial charge in [0, 0.05) is 17.3 Å². The lowest BCUT2D eigenvalue weighted by molar-refractivity contribution is -0.115. The summed E-state index contributed by atoms with van der Waals surface area (Å²) in [4.78, 5) is 11.3. The number of likely N-dealkylation sites (N-methyl/N-ethyl adjacent to an activating group) is 1. The normalized spacial score (nSPS) is 16.6. The van der Waals surface area contributed by atoms with E-state index in [1.165, 1.54) is 0 Å². The van der Waals surface area contributed by atoms with Crippen LogP contribution in [0.1, 0.15) is 31.0 Å². The molecule has 1 aromatic carbocycles. The van der Waals surface area contributed by atoms with E-state index in [1.807, 2.05) is 33.0 Å². The number of hydrogen-bond acceptors (Lipinski definition) is 3. The Kier molecular flexibility index (Phi) is 2.93. The molecule has 4 N–H and O–H groups in total. The van der Waals surface area contributed by atoms with Crippen molar-refractivity contribution in [2.75, 3.05) is 12.4 Å². The summed E-state index contributed by atoms with van der Waals surface area (Å²) in [5, 5.41) is 6.06. The Balaban J connectivity index is 2.35. The third kappa shape index (κ3) is 2.33. The molecule has 1 aliphatic rings.